The van der Waals surface area contributed by atoms with Gasteiger partial charge in [0.15, 0.2) is 0 Å². The molecule has 0 saturated heterocycles. The molecule has 1 unspecified atom stereocenters. The van der Waals surface area contributed by atoms with Crippen molar-refractivity contribution in [1.82, 2.24) is 5.32 Å². The van der Waals surface area contributed by atoms with Crippen LogP contribution in [0.15, 0.2) is 30.3 Å². The predicted octanol–water partition coefficient (Wildman–Crippen LogP) is 4.70. The Morgan fingerprint density at radius 3 is 2.56 bits per heavy atom. The third-order valence-electron chi connectivity index (χ3n) is 4.26. The second-order valence-corrected chi connectivity index (χ2v) is 5.73. The van der Waals surface area contributed by atoms with E-state index in [0.717, 1.165) is 12.5 Å². The fourth-order valence-electron chi connectivity index (χ4n) is 3.04. The molecule has 0 bridgehead atoms. The first-order valence-electron chi connectivity index (χ1n) is 7.64. The minimum atomic E-state index is 0.484. The number of nitrogens with one attached hydrogen (secondary N) is 1. The average Bonchev–Trinajstić information content (AvgIpc) is 2.45. The molecule has 1 aromatic carbocycles. The average molecular weight is 245 g/mol. The fourth-order valence-corrected chi connectivity index (χ4v) is 3.04. The van der Waals surface area contributed by atoms with Crippen LogP contribution >= 0.6 is 0 Å². The smallest absolute Gasteiger partial charge is 0.0291 e. The molecule has 1 aliphatic carbocycles. The van der Waals surface area contributed by atoms with Crippen LogP contribution < -0.4 is 5.32 Å². The lowest BCUT2D eigenvalue weighted by Crippen LogP contribution is -2.20. The van der Waals surface area contributed by atoms with Gasteiger partial charge in [-0.3, -0.25) is 0 Å². The maximum Gasteiger partial charge on any atom is 0.0291 e. The van der Waals surface area contributed by atoms with Crippen molar-refractivity contribution in [3.8, 4) is 0 Å². The van der Waals surface area contributed by atoms with Gasteiger partial charge in [-0.05, 0) is 37.8 Å². The quantitative estimate of drug-likeness (QED) is 0.716. The molecule has 18 heavy (non-hydrogen) atoms. The van der Waals surface area contributed by atoms with Crippen LogP contribution in [0.4, 0.5) is 0 Å². The van der Waals surface area contributed by atoms with E-state index >= 15 is 0 Å². The monoisotopic (exact) mass is 245 g/mol. The predicted molar refractivity (Wildman–Crippen MR) is 78.7 cm³/mol. The van der Waals surface area contributed by atoms with Gasteiger partial charge in [-0.1, -0.05) is 62.4 Å². The van der Waals surface area contributed by atoms with Gasteiger partial charge in [-0.15, -0.1) is 0 Å². The van der Waals surface area contributed by atoms with Crippen molar-refractivity contribution in [3.05, 3.63) is 35.9 Å². The number of hydrogen-bond donors (Lipinski definition) is 1. The molecule has 0 amide bonds. The molecule has 1 nitrogen and oxygen atoms in total. The lowest BCUT2D eigenvalue weighted by molar-refractivity contribution is 0.328. The largest absolute Gasteiger partial charge is 0.310 e. The van der Waals surface area contributed by atoms with Gasteiger partial charge in [0.2, 0.25) is 0 Å². The highest BCUT2D eigenvalue weighted by Gasteiger charge is 2.12. The van der Waals surface area contributed by atoms with Crippen molar-refractivity contribution in [2.45, 2.75) is 57.9 Å². The first-order chi connectivity index (χ1) is 8.86. The van der Waals surface area contributed by atoms with Crippen LogP contribution in [0.2, 0.25) is 0 Å². The Hall–Kier alpha value is -0.820. The van der Waals surface area contributed by atoms with Gasteiger partial charge in [0.25, 0.3) is 0 Å². The van der Waals surface area contributed by atoms with Crippen LogP contribution in [0.5, 0.6) is 0 Å². The standard InChI is InChI=1S/C17H27N/c1-15(17-12-6-3-7-13-17)18-14-8-11-16-9-4-2-5-10-16/h3,6-7,12-13,15-16,18H,2,4-5,8-11,14H2,1H3. The first-order valence-corrected chi connectivity index (χ1v) is 7.64. The Balaban J connectivity index is 1.60. The number of benzene rings is 1. The van der Waals surface area contributed by atoms with Crippen molar-refractivity contribution >= 4 is 0 Å². The van der Waals surface area contributed by atoms with E-state index in [1.54, 1.807) is 0 Å². The van der Waals surface area contributed by atoms with Crippen molar-refractivity contribution in [3.63, 3.8) is 0 Å². The Bertz CT molecular complexity index is 314. The summed E-state index contributed by atoms with van der Waals surface area (Å²) in [5.74, 6) is 1.02. The summed E-state index contributed by atoms with van der Waals surface area (Å²) in [5, 5.41) is 3.64. The van der Waals surface area contributed by atoms with Crippen molar-refractivity contribution in [2.24, 2.45) is 5.92 Å². The Morgan fingerprint density at radius 1 is 1.11 bits per heavy atom. The highest BCUT2D eigenvalue weighted by molar-refractivity contribution is 5.17. The summed E-state index contributed by atoms with van der Waals surface area (Å²) in [4.78, 5) is 0. The van der Waals surface area contributed by atoms with Crippen LogP contribution in [-0.2, 0) is 0 Å². The van der Waals surface area contributed by atoms with E-state index in [1.165, 1.54) is 50.5 Å². The summed E-state index contributed by atoms with van der Waals surface area (Å²) < 4.78 is 0. The molecule has 1 N–H and O–H groups in total. The van der Waals surface area contributed by atoms with Crippen molar-refractivity contribution in [1.29, 1.82) is 0 Å². The van der Waals surface area contributed by atoms with Crippen LogP contribution in [-0.4, -0.2) is 6.54 Å². The van der Waals surface area contributed by atoms with Gasteiger partial charge in [-0.25, -0.2) is 0 Å². The molecule has 1 fully saturated rings. The summed E-state index contributed by atoms with van der Waals surface area (Å²) >= 11 is 0. The SMILES string of the molecule is CC(NCCCC1CCCCC1)c1ccccc1. The molecule has 1 aliphatic rings. The van der Waals surface area contributed by atoms with Crippen molar-refractivity contribution in [2.75, 3.05) is 6.54 Å². The van der Waals surface area contributed by atoms with Gasteiger partial charge in [0, 0.05) is 6.04 Å². The van der Waals surface area contributed by atoms with E-state index < -0.39 is 0 Å². The molecular weight excluding hydrogens is 218 g/mol. The van der Waals surface area contributed by atoms with E-state index in [9.17, 15) is 0 Å². The molecule has 1 saturated carbocycles. The molecule has 1 atom stereocenters. The third kappa shape index (κ3) is 4.45. The minimum absolute atomic E-state index is 0.484. The molecule has 1 aromatic rings. The van der Waals surface area contributed by atoms with Gasteiger partial charge in [0.05, 0.1) is 0 Å². The summed E-state index contributed by atoms with van der Waals surface area (Å²) in [6.07, 6.45) is 10.1. The lowest BCUT2D eigenvalue weighted by Gasteiger charge is -2.22. The Labute approximate surface area is 112 Å². The van der Waals surface area contributed by atoms with Gasteiger partial charge >= 0.3 is 0 Å². The van der Waals surface area contributed by atoms with Crippen LogP contribution in [0, 0.1) is 5.92 Å². The summed E-state index contributed by atoms with van der Waals surface area (Å²) in [5.41, 5.74) is 1.40. The zero-order valence-corrected chi connectivity index (χ0v) is 11.7. The highest BCUT2D eigenvalue weighted by Crippen LogP contribution is 2.27. The molecule has 0 aliphatic heterocycles. The molecule has 2 rings (SSSR count). The zero-order chi connectivity index (χ0) is 12.6. The summed E-state index contributed by atoms with van der Waals surface area (Å²) in [6, 6.07) is 11.2. The van der Waals surface area contributed by atoms with Gasteiger partial charge < -0.3 is 5.32 Å². The number of hydrogen-bond acceptors (Lipinski definition) is 1. The minimum Gasteiger partial charge on any atom is -0.310 e. The maximum absolute atomic E-state index is 3.64. The third-order valence-corrected chi connectivity index (χ3v) is 4.26. The van der Waals surface area contributed by atoms with Crippen LogP contribution in [0.25, 0.3) is 0 Å². The first kappa shape index (κ1) is 13.6. The molecular formula is C17H27N. The van der Waals surface area contributed by atoms with Gasteiger partial charge in [-0.2, -0.15) is 0 Å². The van der Waals surface area contributed by atoms with Crippen LogP contribution in [0.3, 0.4) is 0 Å². The Kier molecular flexibility index (Phi) is 5.73. The lowest BCUT2D eigenvalue weighted by atomic mass is 9.86. The molecule has 0 spiro atoms. The highest BCUT2D eigenvalue weighted by atomic mass is 14.9. The number of rotatable bonds is 6. The summed E-state index contributed by atoms with van der Waals surface area (Å²) in [7, 11) is 0. The van der Waals surface area contributed by atoms with Gasteiger partial charge in [0.1, 0.15) is 0 Å². The zero-order valence-electron chi connectivity index (χ0n) is 11.7. The fraction of sp³-hybridized carbons (Fsp3) is 0.647. The van der Waals surface area contributed by atoms with E-state index in [4.69, 9.17) is 0 Å². The van der Waals surface area contributed by atoms with E-state index in [1.807, 2.05) is 0 Å². The van der Waals surface area contributed by atoms with Crippen LogP contribution in [0.1, 0.15) is 63.5 Å². The maximum atomic E-state index is 3.64. The second-order valence-electron chi connectivity index (χ2n) is 5.73. The molecule has 0 radical (unpaired) electrons. The molecule has 0 heterocycles. The second kappa shape index (κ2) is 7.58. The topological polar surface area (TPSA) is 12.0 Å². The normalized spacial score (nSPS) is 18.7. The van der Waals surface area contributed by atoms with Crippen molar-refractivity contribution < 1.29 is 0 Å². The van der Waals surface area contributed by atoms with E-state index in [2.05, 4.69) is 42.6 Å². The van der Waals surface area contributed by atoms with E-state index in [-0.39, 0.29) is 0 Å². The molecule has 0 aromatic heterocycles. The molecule has 1 heteroatoms. The van der Waals surface area contributed by atoms with E-state index in [0.29, 0.717) is 6.04 Å². The summed E-state index contributed by atoms with van der Waals surface area (Å²) in [6.45, 7) is 3.42. The Morgan fingerprint density at radius 2 is 1.83 bits per heavy atom. The molecule has 100 valence electrons.